The summed E-state index contributed by atoms with van der Waals surface area (Å²) < 4.78 is 0. The minimum Gasteiger partial charge on any atom is -0.480 e. The summed E-state index contributed by atoms with van der Waals surface area (Å²) >= 11 is 1.51. The topological polar surface area (TPSA) is 162 Å². The molecule has 0 rings (SSSR count). The highest BCUT2D eigenvalue weighted by molar-refractivity contribution is 7.98. The second-order valence-electron chi connectivity index (χ2n) is 4.70. The van der Waals surface area contributed by atoms with E-state index in [9.17, 15) is 19.5 Å². The third-order valence-corrected chi connectivity index (χ3v) is 3.48. The molecule has 10 heteroatoms. The highest BCUT2D eigenvalue weighted by atomic mass is 32.2. The van der Waals surface area contributed by atoms with E-state index in [0.29, 0.717) is 12.2 Å². The number of aliphatic hydroxyl groups is 2. The zero-order chi connectivity index (χ0) is 17.3. The highest BCUT2D eigenvalue weighted by Gasteiger charge is 2.29. The Labute approximate surface area is 132 Å². The van der Waals surface area contributed by atoms with Gasteiger partial charge in [0.15, 0.2) is 6.04 Å². The zero-order valence-electron chi connectivity index (χ0n) is 12.5. The van der Waals surface area contributed by atoms with Crippen LogP contribution < -0.4 is 16.4 Å². The predicted octanol–water partition coefficient (Wildman–Crippen LogP) is -2.51. The highest BCUT2D eigenvalue weighted by Crippen LogP contribution is 2.00. The predicted molar refractivity (Wildman–Crippen MR) is 81.2 cm³/mol. The van der Waals surface area contributed by atoms with E-state index in [2.05, 4.69) is 5.32 Å². The van der Waals surface area contributed by atoms with Crippen molar-refractivity contribution < 1.29 is 29.7 Å². The zero-order valence-corrected chi connectivity index (χ0v) is 13.3. The van der Waals surface area contributed by atoms with Crippen LogP contribution in [0.2, 0.25) is 0 Å². The van der Waals surface area contributed by atoms with Crippen molar-refractivity contribution in [2.45, 2.75) is 37.6 Å². The lowest BCUT2D eigenvalue weighted by atomic mass is 10.1. The Hall–Kier alpha value is -1.36. The number of rotatable bonds is 10. The summed E-state index contributed by atoms with van der Waals surface area (Å²) in [6.07, 6.45) is 0.926. The number of carboxylic acid groups (broad SMARTS) is 1. The van der Waals surface area contributed by atoms with E-state index in [0.717, 1.165) is 0 Å². The van der Waals surface area contributed by atoms with Crippen LogP contribution in [0.5, 0.6) is 0 Å². The van der Waals surface area contributed by atoms with Gasteiger partial charge in [0.2, 0.25) is 11.8 Å². The molecule has 22 heavy (non-hydrogen) atoms. The lowest BCUT2D eigenvalue weighted by Crippen LogP contribution is -2.57. The van der Waals surface area contributed by atoms with Crippen LogP contribution >= 0.6 is 11.8 Å². The maximum Gasteiger partial charge on any atom is 0.328 e. The summed E-state index contributed by atoms with van der Waals surface area (Å²) in [4.78, 5) is 34.5. The summed E-state index contributed by atoms with van der Waals surface area (Å²) in [5.74, 6) is -2.30. The molecule has 0 aliphatic heterocycles. The van der Waals surface area contributed by atoms with Crippen molar-refractivity contribution in [3.63, 3.8) is 0 Å². The maximum atomic E-state index is 11.9. The van der Waals surface area contributed by atoms with Crippen molar-refractivity contribution in [1.29, 1.82) is 0 Å². The molecule has 0 heterocycles. The Morgan fingerprint density at radius 2 is 1.82 bits per heavy atom. The summed E-state index contributed by atoms with van der Waals surface area (Å²) in [5.41, 5.74) is 5.63. The molecule has 0 aromatic heterocycles. The molecule has 0 aromatic carbocycles. The van der Waals surface area contributed by atoms with Gasteiger partial charge in [-0.25, -0.2) is 4.79 Å². The maximum absolute atomic E-state index is 11.9. The first-order valence-electron chi connectivity index (χ1n) is 6.61. The number of amides is 2. The molecule has 128 valence electrons. The third kappa shape index (κ3) is 7.07. The number of hydrogen-bond acceptors (Lipinski definition) is 7. The van der Waals surface area contributed by atoms with E-state index in [1.54, 1.807) is 0 Å². The molecule has 0 aliphatic carbocycles. The number of aliphatic hydroxyl groups excluding tert-OH is 2. The molecule has 9 nitrogen and oxygen atoms in total. The van der Waals surface area contributed by atoms with E-state index in [-0.39, 0.29) is 0 Å². The van der Waals surface area contributed by atoms with Gasteiger partial charge in [-0.3, -0.25) is 9.59 Å². The van der Waals surface area contributed by atoms with Crippen molar-refractivity contribution in [1.82, 2.24) is 10.6 Å². The number of nitrogens with two attached hydrogens (primary N) is 1. The first-order valence-corrected chi connectivity index (χ1v) is 8.01. The smallest absolute Gasteiger partial charge is 0.328 e. The van der Waals surface area contributed by atoms with Gasteiger partial charge < -0.3 is 31.7 Å². The fourth-order valence-electron chi connectivity index (χ4n) is 1.49. The number of hydrogen-bond donors (Lipinski definition) is 6. The third-order valence-electron chi connectivity index (χ3n) is 2.83. The molecule has 0 saturated carbocycles. The number of thioether (sulfide) groups is 1. The minimum atomic E-state index is -1.54. The molecule has 0 aliphatic rings. The fourth-order valence-corrected chi connectivity index (χ4v) is 1.98. The molecule has 0 spiro atoms. The number of carbonyl (C=O) groups is 3. The number of aliphatic carboxylic acids is 1. The molecule has 0 saturated heterocycles. The van der Waals surface area contributed by atoms with Gasteiger partial charge in [0, 0.05) is 0 Å². The lowest BCUT2D eigenvalue weighted by molar-refractivity contribution is -0.145. The van der Waals surface area contributed by atoms with Crippen molar-refractivity contribution in [2.75, 3.05) is 18.6 Å². The van der Waals surface area contributed by atoms with E-state index in [4.69, 9.17) is 15.9 Å². The van der Waals surface area contributed by atoms with Gasteiger partial charge in [0.1, 0.15) is 6.04 Å². The van der Waals surface area contributed by atoms with E-state index < -0.39 is 48.6 Å². The van der Waals surface area contributed by atoms with Crippen LogP contribution in [-0.2, 0) is 14.4 Å². The van der Waals surface area contributed by atoms with Crippen LogP contribution in [0.4, 0.5) is 0 Å². The summed E-state index contributed by atoms with van der Waals surface area (Å²) in [6.45, 7) is 0.475. The Balaban J connectivity index is 4.65. The fraction of sp³-hybridized carbons (Fsp3) is 0.750. The van der Waals surface area contributed by atoms with Gasteiger partial charge >= 0.3 is 5.97 Å². The van der Waals surface area contributed by atoms with E-state index >= 15 is 0 Å². The molecule has 7 N–H and O–H groups in total. The van der Waals surface area contributed by atoms with Crippen LogP contribution in [0.25, 0.3) is 0 Å². The average Bonchev–Trinajstić information content (AvgIpc) is 2.46. The monoisotopic (exact) mass is 337 g/mol. The van der Waals surface area contributed by atoms with Gasteiger partial charge in [0.25, 0.3) is 0 Å². The van der Waals surface area contributed by atoms with Crippen LogP contribution in [0.1, 0.15) is 13.3 Å². The molecule has 0 bridgehead atoms. The van der Waals surface area contributed by atoms with Crippen LogP contribution in [0.15, 0.2) is 0 Å². The van der Waals surface area contributed by atoms with Gasteiger partial charge in [0.05, 0.1) is 18.8 Å². The Bertz CT molecular complexity index is 393. The molecular weight excluding hydrogens is 314 g/mol. The second kappa shape index (κ2) is 10.4. The Morgan fingerprint density at radius 1 is 1.23 bits per heavy atom. The van der Waals surface area contributed by atoms with Gasteiger partial charge in [-0.15, -0.1) is 0 Å². The second-order valence-corrected chi connectivity index (χ2v) is 5.68. The lowest BCUT2D eigenvalue weighted by Gasteiger charge is -2.22. The van der Waals surface area contributed by atoms with Crippen LogP contribution in [0.3, 0.4) is 0 Å². The Morgan fingerprint density at radius 3 is 2.23 bits per heavy atom. The molecular formula is C12H23N3O6S. The minimum absolute atomic E-state index is 0.401. The normalized spacial score (nSPS) is 16.2. The molecule has 4 unspecified atom stereocenters. The van der Waals surface area contributed by atoms with Crippen molar-refractivity contribution >= 4 is 29.5 Å². The first kappa shape index (κ1) is 20.6. The number of carboxylic acids is 1. The summed E-state index contributed by atoms with van der Waals surface area (Å²) in [7, 11) is 0. The molecule has 0 aromatic rings. The molecule has 0 fully saturated rings. The summed E-state index contributed by atoms with van der Waals surface area (Å²) in [5, 5.41) is 31.6. The Kier molecular flexibility index (Phi) is 9.74. The quantitative estimate of drug-likeness (QED) is 0.255. The van der Waals surface area contributed by atoms with Gasteiger partial charge in [-0.05, 0) is 25.4 Å². The standard InChI is InChI=1S/C12H23N3O6S/c1-6(17)9(12(20)21)15-11(19)8(5-16)14-10(18)7(13)3-4-22-2/h6-9,16-17H,3-5,13H2,1-2H3,(H,14,18)(H,15,19)(H,20,21). The van der Waals surface area contributed by atoms with Crippen molar-refractivity contribution in [3.8, 4) is 0 Å². The van der Waals surface area contributed by atoms with E-state index in [1.165, 1.54) is 18.7 Å². The molecule has 4 atom stereocenters. The molecule has 2 amide bonds. The SMILES string of the molecule is CSCCC(N)C(=O)NC(CO)C(=O)NC(C(=O)O)C(C)O. The first-order chi connectivity index (χ1) is 10.2. The van der Waals surface area contributed by atoms with Crippen LogP contribution in [0, 0.1) is 0 Å². The van der Waals surface area contributed by atoms with Crippen LogP contribution in [-0.4, -0.2) is 75.9 Å². The number of carbonyl (C=O) groups excluding carboxylic acids is 2. The van der Waals surface area contributed by atoms with Gasteiger partial charge in [-0.2, -0.15) is 11.8 Å². The van der Waals surface area contributed by atoms with E-state index in [1.807, 2.05) is 11.6 Å². The van der Waals surface area contributed by atoms with Crippen molar-refractivity contribution in [3.05, 3.63) is 0 Å². The largest absolute Gasteiger partial charge is 0.480 e. The summed E-state index contributed by atoms with van der Waals surface area (Å²) in [6, 6.07) is -3.71. The van der Waals surface area contributed by atoms with Crippen molar-refractivity contribution in [2.24, 2.45) is 5.73 Å². The average molecular weight is 337 g/mol. The molecule has 0 radical (unpaired) electrons. The number of nitrogens with one attached hydrogen (secondary N) is 2. The van der Waals surface area contributed by atoms with Gasteiger partial charge in [-0.1, -0.05) is 0 Å².